The van der Waals surface area contributed by atoms with Crippen LogP contribution < -0.4 is 4.90 Å². The highest BCUT2D eigenvalue weighted by Crippen LogP contribution is 2.28. The molecule has 4 heterocycles. The van der Waals surface area contributed by atoms with E-state index in [0.29, 0.717) is 42.2 Å². The quantitative estimate of drug-likeness (QED) is 0.537. The van der Waals surface area contributed by atoms with Crippen molar-refractivity contribution in [3.63, 3.8) is 0 Å². The van der Waals surface area contributed by atoms with Gasteiger partial charge in [-0.2, -0.15) is 22.8 Å². The molecular formula is C18H15F3N8O. The number of anilines is 1. The maximum absolute atomic E-state index is 13.1. The number of benzene rings is 1. The molecule has 0 aliphatic carbocycles. The number of aromatic amines is 1. The van der Waals surface area contributed by atoms with E-state index in [9.17, 15) is 18.0 Å². The van der Waals surface area contributed by atoms with Crippen LogP contribution in [0, 0.1) is 0 Å². The van der Waals surface area contributed by atoms with Crippen molar-refractivity contribution in [3.8, 4) is 0 Å². The minimum absolute atomic E-state index is 0.0188. The van der Waals surface area contributed by atoms with Crippen molar-refractivity contribution in [3.05, 3.63) is 47.9 Å². The normalized spacial score (nSPS) is 15.3. The molecule has 0 unspecified atom stereocenters. The van der Waals surface area contributed by atoms with Crippen molar-refractivity contribution in [2.24, 2.45) is 0 Å². The number of carbonyl (C=O) groups excluding carboxylic acids is 1. The lowest BCUT2D eigenvalue weighted by Gasteiger charge is -2.35. The molecule has 1 aromatic carbocycles. The van der Waals surface area contributed by atoms with Gasteiger partial charge in [0.25, 0.3) is 11.7 Å². The van der Waals surface area contributed by atoms with E-state index < -0.39 is 12.0 Å². The Morgan fingerprint density at radius 1 is 1.00 bits per heavy atom. The van der Waals surface area contributed by atoms with Gasteiger partial charge in [-0.3, -0.25) is 9.89 Å². The molecule has 0 bridgehead atoms. The summed E-state index contributed by atoms with van der Waals surface area (Å²) in [5.41, 5.74) is 1.16. The van der Waals surface area contributed by atoms with Gasteiger partial charge >= 0.3 is 6.18 Å². The number of carbonyl (C=O) groups is 1. The van der Waals surface area contributed by atoms with Crippen LogP contribution in [0.1, 0.15) is 16.3 Å². The summed E-state index contributed by atoms with van der Waals surface area (Å²) in [5, 5.41) is 18.5. The van der Waals surface area contributed by atoms with Crippen LogP contribution in [0.4, 0.5) is 19.0 Å². The van der Waals surface area contributed by atoms with Crippen molar-refractivity contribution in [2.45, 2.75) is 6.18 Å². The second-order valence-corrected chi connectivity index (χ2v) is 6.88. The number of nitrogens with one attached hydrogen (secondary N) is 1. The number of H-pyrrole nitrogens is 1. The molecule has 154 valence electrons. The number of piperazine rings is 1. The molecule has 5 rings (SSSR count). The van der Waals surface area contributed by atoms with Gasteiger partial charge in [0.2, 0.25) is 0 Å². The van der Waals surface area contributed by atoms with Crippen molar-refractivity contribution >= 4 is 28.3 Å². The molecular weight excluding hydrogens is 401 g/mol. The van der Waals surface area contributed by atoms with E-state index in [0.717, 1.165) is 10.9 Å². The highest BCUT2D eigenvalue weighted by Gasteiger charge is 2.38. The number of hydrogen-bond donors (Lipinski definition) is 1. The summed E-state index contributed by atoms with van der Waals surface area (Å²) in [6.07, 6.45) is -4.65. The van der Waals surface area contributed by atoms with Crippen LogP contribution in [-0.4, -0.2) is 67.0 Å². The van der Waals surface area contributed by atoms with E-state index in [1.54, 1.807) is 11.0 Å². The predicted molar refractivity (Wildman–Crippen MR) is 100.0 cm³/mol. The number of aromatic nitrogens is 6. The molecule has 12 heteroatoms. The van der Waals surface area contributed by atoms with Crippen LogP contribution in [-0.2, 0) is 6.18 Å². The summed E-state index contributed by atoms with van der Waals surface area (Å²) in [5.74, 6) is -0.989. The largest absolute Gasteiger partial charge is 0.453 e. The second kappa shape index (κ2) is 6.68. The first-order valence-corrected chi connectivity index (χ1v) is 9.19. The summed E-state index contributed by atoms with van der Waals surface area (Å²) in [6, 6.07) is 10.4. The smallest absolute Gasteiger partial charge is 0.352 e. The first-order chi connectivity index (χ1) is 14.4. The number of para-hydroxylation sites is 1. The number of halogens is 3. The molecule has 1 aliphatic rings. The summed E-state index contributed by atoms with van der Waals surface area (Å²) >= 11 is 0. The lowest BCUT2D eigenvalue weighted by molar-refractivity contribution is -0.146. The fourth-order valence-electron chi connectivity index (χ4n) is 3.54. The van der Waals surface area contributed by atoms with E-state index in [4.69, 9.17) is 0 Å². The van der Waals surface area contributed by atoms with E-state index in [1.807, 2.05) is 29.2 Å². The fraction of sp³-hybridized carbons (Fsp3) is 0.278. The van der Waals surface area contributed by atoms with Crippen LogP contribution >= 0.6 is 0 Å². The van der Waals surface area contributed by atoms with Crippen molar-refractivity contribution in [1.82, 2.24) is 34.9 Å². The Bertz CT molecular complexity index is 1240. The molecule has 0 radical (unpaired) electrons. The zero-order chi connectivity index (χ0) is 20.9. The first kappa shape index (κ1) is 18.3. The van der Waals surface area contributed by atoms with Crippen LogP contribution in [0.5, 0.6) is 0 Å². The Morgan fingerprint density at radius 2 is 1.77 bits per heavy atom. The van der Waals surface area contributed by atoms with Crippen molar-refractivity contribution in [2.75, 3.05) is 31.1 Å². The van der Waals surface area contributed by atoms with E-state index >= 15 is 0 Å². The summed E-state index contributed by atoms with van der Waals surface area (Å²) in [6.45, 7) is 1.65. The summed E-state index contributed by atoms with van der Waals surface area (Å²) in [4.78, 5) is 16.4. The van der Waals surface area contributed by atoms with Crippen LogP contribution in [0.25, 0.3) is 16.6 Å². The molecule has 1 N–H and O–H groups in total. The van der Waals surface area contributed by atoms with Gasteiger partial charge in [0.1, 0.15) is 5.82 Å². The van der Waals surface area contributed by atoms with Gasteiger partial charge in [-0.25, -0.2) is 0 Å². The van der Waals surface area contributed by atoms with E-state index in [-0.39, 0.29) is 11.6 Å². The molecule has 0 saturated carbocycles. The summed E-state index contributed by atoms with van der Waals surface area (Å²) in [7, 11) is 0. The zero-order valence-corrected chi connectivity index (χ0v) is 15.5. The molecule has 30 heavy (non-hydrogen) atoms. The topological polar surface area (TPSA) is 95.3 Å². The standard InChI is InChI=1S/C18H15F3N8O/c19-18(20,21)17-25-23-13-5-6-14(26-29(13)17)27-7-9-28(10-8-27)16(30)15-11-3-1-2-4-12(11)22-24-15/h1-6H,7-10H2,(H,22,24). The number of amides is 1. The first-order valence-electron chi connectivity index (χ1n) is 9.19. The average Bonchev–Trinajstić information content (AvgIpc) is 3.37. The maximum atomic E-state index is 13.1. The third-order valence-corrected chi connectivity index (χ3v) is 5.07. The second-order valence-electron chi connectivity index (χ2n) is 6.88. The molecule has 3 aromatic heterocycles. The highest BCUT2D eigenvalue weighted by atomic mass is 19.4. The lowest BCUT2D eigenvalue weighted by Crippen LogP contribution is -2.49. The van der Waals surface area contributed by atoms with Gasteiger partial charge in [-0.05, 0) is 18.2 Å². The molecule has 0 spiro atoms. The Balaban J connectivity index is 1.34. The molecule has 1 saturated heterocycles. The number of nitrogens with zero attached hydrogens (tertiary/aromatic N) is 7. The third kappa shape index (κ3) is 3.00. The lowest BCUT2D eigenvalue weighted by atomic mass is 10.2. The minimum Gasteiger partial charge on any atom is -0.352 e. The van der Waals surface area contributed by atoms with Crippen molar-refractivity contribution in [1.29, 1.82) is 0 Å². The van der Waals surface area contributed by atoms with E-state index in [2.05, 4.69) is 25.5 Å². The van der Waals surface area contributed by atoms with Gasteiger partial charge in [-0.1, -0.05) is 18.2 Å². The predicted octanol–water partition coefficient (Wildman–Crippen LogP) is 1.98. The van der Waals surface area contributed by atoms with Gasteiger partial charge in [0.15, 0.2) is 11.3 Å². The maximum Gasteiger partial charge on any atom is 0.453 e. The Hall–Kier alpha value is -3.70. The Labute approximate surface area is 167 Å². The van der Waals surface area contributed by atoms with Gasteiger partial charge in [-0.15, -0.1) is 15.3 Å². The number of rotatable bonds is 2. The minimum atomic E-state index is -4.65. The number of fused-ring (bicyclic) bond motifs is 2. The van der Waals surface area contributed by atoms with Crippen LogP contribution in [0.3, 0.4) is 0 Å². The van der Waals surface area contributed by atoms with Gasteiger partial charge in [0.05, 0.1) is 5.52 Å². The number of alkyl halides is 3. The molecule has 4 aromatic rings. The van der Waals surface area contributed by atoms with Gasteiger partial charge < -0.3 is 9.80 Å². The Kier molecular flexibility index (Phi) is 4.08. The molecule has 0 atom stereocenters. The third-order valence-electron chi connectivity index (χ3n) is 5.07. The highest BCUT2D eigenvalue weighted by molar-refractivity contribution is 6.04. The van der Waals surface area contributed by atoms with Gasteiger partial charge in [0, 0.05) is 31.6 Å². The molecule has 9 nitrogen and oxygen atoms in total. The Morgan fingerprint density at radius 3 is 2.53 bits per heavy atom. The molecule has 1 aliphatic heterocycles. The SMILES string of the molecule is O=C(c1n[nH]c2ccccc12)N1CCN(c2ccc3nnc(C(F)(F)F)n3n2)CC1. The number of hydrogen-bond acceptors (Lipinski definition) is 6. The van der Waals surface area contributed by atoms with Crippen LogP contribution in [0.15, 0.2) is 36.4 Å². The average molecular weight is 416 g/mol. The van der Waals surface area contributed by atoms with Crippen molar-refractivity contribution < 1.29 is 18.0 Å². The van der Waals surface area contributed by atoms with Crippen LogP contribution in [0.2, 0.25) is 0 Å². The zero-order valence-electron chi connectivity index (χ0n) is 15.5. The fourth-order valence-corrected chi connectivity index (χ4v) is 3.54. The van der Waals surface area contributed by atoms with E-state index in [1.165, 1.54) is 6.07 Å². The summed E-state index contributed by atoms with van der Waals surface area (Å²) < 4.78 is 39.9. The molecule has 1 fully saturated rings. The molecule has 1 amide bonds. The monoisotopic (exact) mass is 416 g/mol.